The molecular weight excluding hydrogens is 480 g/mol. The number of fused-ring (bicyclic) bond motifs is 2. The van der Waals surface area contributed by atoms with Crippen molar-refractivity contribution >= 4 is 39.3 Å². The topological polar surface area (TPSA) is 56.8 Å². The van der Waals surface area contributed by atoms with Crippen molar-refractivity contribution in [1.82, 2.24) is 14.2 Å². The predicted octanol–water partition coefficient (Wildman–Crippen LogP) is 5.28. The van der Waals surface area contributed by atoms with Crippen LogP contribution >= 0.6 is 11.5 Å². The summed E-state index contributed by atoms with van der Waals surface area (Å²) in [4.78, 5) is 33.8. The zero-order valence-corrected chi connectivity index (χ0v) is 23.3. The maximum atomic E-state index is 13.5. The zero-order valence-electron chi connectivity index (χ0n) is 22.5. The van der Waals surface area contributed by atoms with E-state index in [1.807, 2.05) is 0 Å². The van der Waals surface area contributed by atoms with Gasteiger partial charge in [0, 0.05) is 44.7 Å². The molecule has 4 unspecified atom stereocenters. The second-order valence-electron chi connectivity index (χ2n) is 12.2. The highest BCUT2D eigenvalue weighted by molar-refractivity contribution is 7.13. The summed E-state index contributed by atoms with van der Waals surface area (Å²) >= 11 is 1.60. The lowest BCUT2D eigenvalue weighted by atomic mass is 9.78. The summed E-state index contributed by atoms with van der Waals surface area (Å²) < 4.78 is 6.03. The van der Waals surface area contributed by atoms with Crippen LogP contribution in [-0.4, -0.2) is 65.3 Å². The van der Waals surface area contributed by atoms with Crippen molar-refractivity contribution in [3.8, 4) is 0 Å². The predicted molar refractivity (Wildman–Crippen MR) is 150 cm³/mol. The molecule has 0 bridgehead atoms. The van der Waals surface area contributed by atoms with Crippen LogP contribution in [0.2, 0.25) is 0 Å². The van der Waals surface area contributed by atoms with Gasteiger partial charge in [0.25, 0.3) is 0 Å². The average Bonchev–Trinajstić information content (AvgIpc) is 3.55. The maximum Gasteiger partial charge on any atom is 0.233 e. The third-order valence-electron chi connectivity index (χ3n) is 9.95. The molecule has 2 saturated heterocycles. The first-order valence-corrected chi connectivity index (χ1v) is 15.5. The number of amides is 2. The van der Waals surface area contributed by atoms with Gasteiger partial charge in [-0.1, -0.05) is 45.2 Å². The van der Waals surface area contributed by atoms with Gasteiger partial charge in [0.05, 0.1) is 16.5 Å². The summed E-state index contributed by atoms with van der Waals surface area (Å²) in [5, 5.41) is 1.27. The van der Waals surface area contributed by atoms with Crippen molar-refractivity contribution in [1.29, 1.82) is 0 Å². The fourth-order valence-electron chi connectivity index (χ4n) is 8.06. The molecule has 2 aliphatic carbocycles. The van der Waals surface area contributed by atoms with Gasteiger partial charge in [-0.2, -0.15) is 4.37 Å². The maximum absolute atomic E-state index is 13.5. The molecule has 4 aliphatic rings. The standard InChI is InChI=1S/C30H42N4O2S/c1-3-8-21-17-20(2)26-27(21)30(36)34(29(26)35)19-23-10-5-4-9-22(23)18-32-13-15-33(16-14-32)28-24-11-6-7-12-25(24)37-31-28/h6-7,11-12,20-23,26-27H,3-5,8-10,13-19H2,1-2H3/t20-,21+,22?,23?,26?,27?/m0/s1. The number of likely N-dealkylation sites (tertiary alicyclic amines) is 1. The number of piperazine rings is 1. The first-order valence-electron chi connectivity index (χ1n) is 14.7. The minimum absolute atomic E-state index is 0.0423. The summed E-state index contributed by atoms with van der Waals surface area (Å²) in [6, 6.07) is 8.53. The summed E-state index contributed by atoms with van der Waals surface area (Å²) in [6.45, 7) is 10.3. The number of aromatic nitrogens is 1. The Hall–Kier alpha value is -1.99. The van der Waals surface area contributed by atoms with E-state index in [1.165, 1.54) is 29.3 Å². The van der Waals surface area contributed by atoms with Crippen LogP contribution in [0.15, 0.2) is 24.3 Å². The molecule has 1 aromatic carbocycles. The van der Waals surface area contributed by atoms with Gasteiger partial charge < -0.3 is 4.90 Å². The molecule has 4 fully saturated rings. The third-order valence-corrected chi connectivity index (χ3v) is 10.8. The van der Waals surface area contributed by atoms with E-state index in [9.17, 15) is 9.59 Å². The van der Waals surface area contributed by atoms with Crippen molar-refractivity contribution < 1.29 is 9.59 Å². The number of hydrogen-bond acceptors (Lipinski definition) is 6. The normalized spacial score (nSPS) is 33.0. The van der Waals surface area contributed by atoms with Crippen LogP contribution in [-0.2, 0) is 9.59 Å². The number of nitrogens with zero attached hydrogens (tertiary/aromatic N) is 4. The molecule has 2 saturated carbocycles. The van der Waals surface area contributed by atoms with Crippen LogP contribution in [0.1, 0.15) is 58.8 Å². The molecule has 200 valence electrons. The lowest BCUT2D eigenvalue weighted by Crippen LogP contribution is -2.49. The molecule has 3 heterocycles. The molecule has 1 aromatic heterocycles. The lowest BCUT2D eigenvalue weighted by Gasteiger charge is -2.40. The van der Waals surface area contributed by atoms with Gasteiger partial charge in [-0.15, -0.1) is 0 Å². The fourth-order valence-corrected chi connectivity index (χ4v) is 8.86. The molecule has 2 aliphatic heterocycles. The van der Waals surface area contributed by atoms with Crippen molar-refractivity contribution in [3.05, 3.63) is 24.3 Å². The summed E-state index contributed by atoms with van der Waals surface area (Å²) in [5.74, 6) is 3.12. The van der Waals surface area contributed by atoms with E-state index >= 15 is 0 Å². The smallest absolute Gasteiger partial charge is 0.233 e. The van der Waals surface area contributed by atoms with Gasteiger partial charge in [-0.05, 0) is 73.0 Å². The van der Waals surface area contributed by atoms with Gasteiger partial charge in [0.2, 0.25) is 11.8 Å². The highest BCUT2D eigenvalue weighted by Crippen LogP contribution is 2.49. The molecule has 6 rings (SSSR count). The van der Waals surface area contributed by atoms with Gasteiger partial charge >= 0.3 is 0 Å². The molecule has 2 aromatic rings. The SMILES string of the molecule is CCC[C@@H]1C[C@H](C)C2C(=O)N(CC3CCCCC3CN3CCN(c4nsc5ccccc45)CC3)C(=O)C21. The van der Waals surface area contributed by atoms with Crippen molar-refractivity contribution in [2.24, 2.45) is 35.5 Å². The second-order valence-corrected chi connectivity index (χ2v) is 13.0. The summed E-state index contributed by atoms with van der Waals surface area (Å²) in [6.07, 6.45) is 8.09. The number of hydrogen-bond donors (Lipinski definition) is 0. The number of rotatable bonds is 7. The van der Waals surface area contributed by atoms with Crippen molar-refractivity contribution in [2.75, 3.05) is 44.2 Å². The van der Waals surface area contributed by atoms with Crippen LogP contribution in [0.25, 0.3) is 10.1 Å². The molecule has 0 radical (unpaired) electrons. The molecule has 0 N–H and O–H groups in total. The number of carbonyl (C=O) groups excluding carboxylic acids is 2. The quantitative estimate of drug-likeness (QED) is 0.463. The monoisotopic (exact) mass is 522 g/mol. The highest BCUT2D eigenvalue weighted by atomic mass is 32.1. The van der Waals surface area contributed by atoms with E-state index < -0.39 is 0 Å². The molecule has 2 amide bonds. The number of carbonyl (C=O) groups is 2. The second kappa shape index (κ2) is 10.6. The first kappa shape index (κ1) is 25.3. The Morgan fingerprint density at radius 2 is 1.62 bits per heavy atom. The van der Waals surface area contributed by atoms with Crippen LogP contribution in [0.4, 0.5) is 5.82 Å². The van der Waals surface area contributed by atoms with E-state index in [0.29, 0.717) is 30.2 Å². The summed E-state index contributed by atoms with van der Waals surface area (Å²) in [7, 11) is 0. The van der Waals surface area contributed by atoms with Crippen LogP contribution in [0, 0.1) is 35.5 Å². The van der Waals surface area contributed by atoms with E-state index in [2.05, 4.69) is 47.9 Å². The zero-order chi connectivity index (χ0) is 25.5. The van der Waals surface area contributed by atoms with Crippen LogP contribution in [0.3, 0.4) is 0 Å². The average molecular weight is 523 g/mol. The van der Waals surface area contributed by atoms with Crippen LogP contribution < -0.4 is 4.90 Å². The molecule has 0 spiro atoms. The molecule has 6 nitrogen and oxygen atoms in total. The first-order chi connectivity index (χ1) is 18.0. The van der Waals surface area contributed by atoms with Gasteiger partial charge in [0.15, 0.2) is 0 Å². The van der Waals surface area contributed by atoms with E-state index in [-0.39, 0.29) is 23.7 Å². The number of anilines is 1. The summed E-state index contributed by atoms with van der Waals surface area (Å²) in [5.41, 5.74) is 0. The highest BCUT2D eigenvalue weighted by Gasteiger charge is 2.57. The minimum Gasteiger partial charge on any atom is -0.353 e. The molecule has 7 heteroatoms. The van der Waals surface area contributed by atoms with Gasteiger partial charge in [-0.25, -0.2) is 0 Å². The Balaban J connectivity index is 1.08. The molecule has 6 atom stereocenters. The van der Waals surface area contributed by atoms with Crippen LogP contribution in [0.5, 0.6) is 0 Å². The lowest BCUT2D eigenvalue weighted by molar-refractivity contribution is -0.142. The van der Waals surface area contributed by atoms with Crippen molar-refractivity contribution in [3.63, 3.8) is 0 Å². The van der Waals surface area contributed by atoms with E-state index in [0.717, 1.165) is 64.2 Å². The van der Waals surface area contributed by atoms with Gasteiger partial charge in [0.1, 0.15) is 5.82 Å². The van der Waals surface area contributed by atoms with Crippen molar-refractivity contribution in [2.45, 2.75) is 58.8 Å². The van der Waals surface area contributed by atoms with E-state index in [4.69, 9.17) is 4.37 Å². The Morgan fingerprint density at radius 1 is 0.919 bits per heavy atom. The Morgan fingerprint density at radius 3 is 2.38 bits per heavy atom. The number of benzene rings is 1. The minimum atomic E-state index is -0.0547. The van der Waals surface area contributed by atoms with Gasteiger partial charge in [-0.3, -0.25) is 19.4 Å². The Labute approximate surface area is 225 Å². The molecule has 37 heavy (non-hydrogen) atoms. The largest absolute Gasteiger partial charge is 0.353 e. The number of imide groups is 1. The Kier molecular flexibility index (Phi) is 7.28. The Bertz CT molecular complexity index is 1130. The molecular formula is C30H42N4O2S. The fraction of sp³-hybridized carbons (Fsp3) is 0.700. The third kappa shape index (κ3) is 4.71. The van der Waals surface area contributed by atoms with E-state index in [1.54, 1.807) is 16.4 Å².